The summed E-state index contributed by atoms with van der Waals surface area (Å²) >= 11 is 0. The maximum absolute atomic E-state index is 13.3. The predicted octanol–water partition coefficient (Wildman–Crippen LogP) is 5.00. The lowest BCUT2D eigenvalue weighted by Gasteiger charge is -2.17. The van der Waals surface area contributed by atoms with E-state index in [-0.39, 0.29) is 48.7 Å². The first-order chi connectivity index (χ1) is 23.8. The molecule has 13 heteroatoms. The first kappa shape index (κ1) is 30.5. The van der Waals surface area contributed by atoms with Gasteiger partial charge in [-0.1, -0.05) is 30.3 Å². The highest BCUT2D eigenvalue weighted by atomic mass is 16.5. The zero-order chi connectivity index (χ0) is 33.6. The van der Waals surface area contributed by atoms with Gasteiger partial charge in [-0.2, -0.15) is 4.98 Å². The lowest BCUT2D eigenvalue weighted by molar-refractivity contribution is -0.124. The number of ether oxygens (including phenoxy) is 2. The number of amides is 4. The molecular weight excluding hydrogens is 624 g/mol. The number of fused-ring (bicyclic) bond motifs is 1. The van der Waals surface area contributed by atoms with Gasteiger partial charge in [0.2, 0.25) is 17.7 Å². The molecule has 1 saturated heterocycles. The molecule has 0 radical (unpaired) electrons. The molecule has 0 spiro atoms. The summed E-state index contributed by atoms with van der Waals surface area (Å²) in [4.78, 5) is 59.3. The van der Waals surface area contributed by atoms with Gasteiger partial charge in [-0.25, -0.2) is 19.7 Å². The fourth-order valence-electron chi connectivity index (χ4n) is 6.07. The standard InChI is InChI=1S/C36H34N8O5/c1-21-10-11-37-33(38-21)27-15-28(27)35(46)41-30-13-26(48-19-22-6-4-3-5-7-22)14-31(40-30)49-20-25-17-43-16-24(23-8-9-23)12-29(34(43)39-25)44-18-32(45)42(2)36(44)47/h3-7,10-14,16-17,23,27-28H,8-9,15,18-20H2,1-2H3,(H,40,41,46)/t27-,28-/m0/s1. The average Bonchev–Trinajstić information content (AvgIpc) is 4.04. The largest absolute Gasteiger partial charge is 0.489 e. The van der Waals surface area contributed by atoms with Gasteiger partial charge in [-0.3, -0.25) is 19.4 Å². The molecule has 2 atom stereocenters. The first-order valence-corrected chi connectivity index (χ1v) is 16.3. The third-order valence-electron chi connectivity index (χ3n) is 9.04. The molecular formula is C36H34N8O5. The van der Waals surface area contributed by atoms with E-state index in [9.17, 15) is 14.4 Å². The van der Waals surface area contributed by atoms with Crippen molar-refractivity contribution in [1.29, 1.82) is 0 Å². The number of urea groups is 1. The van der Waals surface area contributed by atoms with Crippen LogP contribution in [0.1, 0.15) is 59.4 Å². The molecule has 2 saturated carbocycles. The summed E-state index contributed by atoms with van der Waals surface area (Å²) in [5.41, 5.74) is 4.69. The number of hydrogen-bond donors (Lipinski definition) is 1. The van der Waals surface area contributed by atoms with E-state index in [4.69, 9.17) is 14.5 Å². The molecule has 1 aromatic carbocycles. The van der Waals surface area contributed by atoms with Crippen LogP contribution in [0.25, 0.3) is 5.65 Å². The van der Waals surface area contributed by atoms with E-state index in [1.54, 1.807) is 18.3 Å². The van der Waals surface area contributed by atoms with E-state index in [1.807, 2.05) is 66.2 Å². The van der Waals surface area contributed by atoms with Crippen LogP contribution in [0.3, 0.4) is 0 Å². The van der Waals surface area contributed by atoms with Crippen LogP contribution >= 0.6 is 0 Å². The Morgan fingerprint density at radius 1 is 0.980 bits per heavy atom. The van der Waals surface area contributed by atoms with Crippen LogP contribution < -0.4 is 19.7 Å². The van der Waals surface area contributed by atoms with Crippen molar-refractivity contribution in [3.63, 3.8) is 0 Å². The van der Waals surface area contributed by atoms with Crippen molar-refractivity contribution in [3.05, 3.63) is 102 Å². The van der Waals surface area contributed by atoms with E-state index < -0.39 is 0 Å². The molecule has 4 aromatic heterocycles. The number of anilines is 2. The highest BCUT2D eigenvalue weighted by Crippen LogP contribution is 2.46. The quantitative estimate of drug-likeness (QED) is 0.194. The van der Waals surface area contributed by atoms with Gasteiger partial charge >= 0.3 is 6.03 Å². The molecule has 4 amide bonds. The van der Waals surface area contributed by atoms with Gasteiger partial charge < -0.3 is 19.2 Å². The van der Waals surface area contributed by atoms with Crippen LogP contribution in [-0.2, 0) is 22.8 Å². The number of nitrogens with zero attached hydrogens (tertiary/aromatic N) is 7. The number of likely N-dealkylation sites (N-methyl/N-ethyl adjacent to an activating group) is 1. The summed E-state index contributed by atoms with van der Waals surface area (Å²) in [5.74, 6) is 1.38. The Morgan fingerprint density at radius 2 is 1.82 bits per heavy atom. The van der Waals surface area contributed by atoms with Crippen molar-refractivity contribution in [2.45, 2.75) is 51.2 Å². The smallest absolute Gasteiger partial charge is 0.331 e. The van der Waals surface area contributed by atoms with E-state index in [0.29, 0.717) is 53.4 Å². The third kappa shape index (κ3) is 6.39. The number of hydrogen-bond acceptors (Lipinski definition) is 9. The van der Waals surface area contributed by atoms with Gasteiger partial charge in [0.25, 0.3) is 0 Å². The number of imide groups is 1. The lowest BCUT2D eigenvalue weighted by atomic mass is 10.1. The predicted molar refractivity (Wildman–Crippen MR) is 178 cm³/mol. The Labute approximate surface area is 281 Å². The molecule has 0 unspecified atom stereocenters. The second kappa shape index (κ2) is 12.3. The molecule has 49 heavy (non-hydrogen) atoms. The number of aryl methyl sites for hydroxylation is 1. The number of aromatic nitrogens is 5. The van der Waals surface area contributed by atoms with E-state index in [2.05, 4.69) is 20.3 Å². The second-order valence-corrected chi connectivity index (χ2v) is 12.8. The van der Waals surface area contributed by atoms with Crippen molar-refractivity contribution in [1.82, 2.24) is 29.2 Å². The monoisotopic (exact) mass is 658 g/mol. The van der Waals surface area contributed by atoms with Gasteiger partial charge in [0.05, 0.1) is 11.4 Å². The van der Waals surface area contributed by atoms with Crippen LogP contribution in [0.2, 0.25) is 0 Å². The Bertz CT molecular complexity index is 2100. The third-order valence-corrected chi connectivity index (χ3v) is 9.04. The molecule has 3 fully saturated rings. The van der Waals surface area contributed by atoms with Crippen LogP contribution in [0.4, 0.5) is 16.3 Å². The van der Waals surface area contributed by atoms with Crippen molar-refractivity contribution < 1.29 is 23.9 Å². The van der Waals surface area contributed by atoms with Gasteiger partial charge in [0, 0.05) is 55.3 Å². The molecule has 248 valence electrons. The van der Waals surface area contributed by atoms with Crippen molar-refractivity contribution in [3.8, 4) is 11.6 Å². The number of carbonyl (C=O) groups excluding carboxylic acids is 3. The fraction of sp³-hybridized carbons (Fsp3) is 0.306. The summed E-state index contributed by atoms with van der Waals surface area (Å²) in [6.07, 6.45) is 8.42. The molecule has 1 N–H and O–H groups in total. The van der Waals surface area contributed by atoms with E-state index in [1.165, 1.54) is 11.9 Å². The summed E-state index contributed by atoms with van der Waals surface area (Å²) < 4.78 is 14.1. The molecule has 2 aliphatic carbocycles. The highest BCUT2D eigenvalue weighted by Gasteiger charge is 2.46. The summed E-state index contributed by atoms with van der Waals surface area (Å²) in [6.45, 7) is 2.25. The van der Waals surface area contributed by atoms with Crippen LogP contribution in [0, 0.1) is 12.8 Å². The number of benzene rings is 1. The number of carbonyl (C=O) groups is 3. The number of rotatable bonds is 11. The molecule has 5 aromatic rings. The number of imidazole rings is 1. The summed E-state index contributed by atoms with van der Waals surface area (Å²) in [5, 5.41) is 2.94. The Balaban J connectivity index is 1.03. The topological polar surface area (TPSA) is 144 Å². The summed E-state index contributed by atoms with van der Waals surface area (Å²) in [6, 6.07) is 16.5. The van der Waals surface area contributed by atoms with Gasteiger partial charge in [-0.15, -0.1) is 0 Å². The zero-order valence-corrected chi connectivity index (χ0v) is 27.1. The minimum absolute atomic E-state index is 0.0361. The molecule has 5 heterocycles. The van der Waals surface area contributed by atoms with Crippen LogP contribution in [0.15, 0.2) is 73.2 Å². The van der Waals surface area contributed by atoms with Gasteiger partial charge in [0.15, 0.2) is 5.65 Å². The Morgan fingerprint density at radius 3 is 2.57 bits per heavy atom. The normalized spacial score (nSPS) is 18.7. The minimum Gasteiger partial charge on any atom is -0.489 e. The minimum atomic E-state index is -0.379. The van der Waals surface area contributed by atoms with E-state index in [0.717, 1.165) is 34.6 Å². The van der Waals surface area contributed by atoms with Crippen molar-refractivity contribution in [2.24, 2.45) is 5.92 Å². The zero-order valence-electron chi connectivity index (χ0n) is 27.1. The maximum atomic E-state index is 13.3. The van der Waals surface area contributed by atoms with Crippen molar-refractivity contribution in [2.75, 3.05) is 23.8 Å². The molecule has 3 aliphatic rings. The Hall–Kier alpha value is -5.85. The molecule has 8 rings (SSSR count). The molecule has 1 aliphatic heterocycles. The lowest BCUT2D eigenvalue weighted by Crippen LogP contribution is -2.30. The molecule has 13 nitrogen and oxygen atoms in total. The molecule has 0 bridgehead atoms. The van der Waals surface area contributed by atoms with Crippen LogP contribution in [-0.4, -0.2) is 60.7 Å². The first-order valence-electron chi connectivity index (χ1n) is 16.3. The van der Waals surface area contributed by atoms with Crippen molar-refractivity contribution >= 4 is 35.0 Å². The second-order valence-electron chi connectivity index (χ2n) is 12.8. The summed E-state index contributed by atoms with van der Waals surface area (Å²) in [7, 11) is 1.49. The van der Waals surface area contributed by atoms with Gasteiger partial charge in [0.1, 0.15) is 37.2 Å². The van der Waals surface area contributed by atoms with Crippen LogP contribution in [0.5, 0.6) is 11.6 Å². The SMILES string of the molecule is Cc1ccnc([C@H]2C[C@@H]2C(=O)Nc2cc(OCc3ccccc3)cc(OCc3cn4cc(C5CC5)cc(N5CC(=O)N(C)C5=O)c4n3)n2)n1. The average molecular weight is 659 g/mol. The van der Waals surface area contributed by atoms with E-state index >= 15 is 0 Å². The fourth-order valence-corrected chi connectivity index (χ4v) is 6.07. The Kier molecular flexibility index (Phi) is 7.66. The highest BCUT2D eigenvalue weighted by molar-refractivity contribution is 6.13. The number of pyridine rings is 2. The number of nitrogens with one attached hydrogen (secondary N) is 1. The van der Waals surface area contributed by atoms with Gasteiger partial charge in [-0.05, 0) is 55.4 Å². The maximum Gasteiger partial charge on any atom is 0.331 e.